The van der Waals surface area contributed by atoms with E-state index in [2.05, 4.69) is 5.32 Å². The summed E-state index contributed by atoms with van der Waals surface area (Å²) in [5.74, 6) is -4.47. The zero-order chi connectivity index (χ0) is 23.6. The molecule has 0 bridgehead atoms. The van der Waals surface area contributed by atoms with Gasteiger partial charge in [-0.1, -0.05) is 0 Å². The third kappa shape index (κ3) is 5.50. The average Bonchev–Trinajstić information content (AvgIpc) is 2.68. The molecule has 2 rings (SSSR count). The van der Waals surface area contributed by atoms with Crippen LogP contribution in [-0.4, -0.2) is 87.6 Å². The Kier molecular flexibility index (Phi) is 7.99. The molecule has 2 amide bonds. The van der Waals surface area contributed by atoms with Crippen LogP contribution in [0.2, 0.25) is 0 Å². The van der Waals surface area contributed by atoms with Crippen LogP contribution in [-0.2, 0) is 33.1 Å². The Bertz CT molecular complexity index is 921. The molecule has 3 atom stereocenters. The molecule has 1 unspecified atom stereocenters. The summed E-state index contributed by atoms with van der Waals surface area (Å²) in [5.41, 5.74) is 3.24. The molecule has 0 radical (unpaired) electrons. The Morgan fingerprint density at radius 3 is 2.58 bits per heavy atom. The van der Waals surface area contributed by atoms with Gasteiger partial charge in [-0.3, -0.25) is 23.8 Å². The van der Waals surface area contributed by atoms with Crippen LogP contribution < -0.4 is 11.1 Å². The summed E-state index contributed by atoms with van der Waals surface area (Å²) in [7, 11) is -3.12. The number of ether oxygens (including phenoxy) is 1. The fourth-order valence-electron chi connectivity index (χ4n) is 3.08. The normalized spacial score (nSPS) is 24.3. The zero-order valence-electron chi connectivity index (χ0n) is 16.1. The molecule has 0 aromatic heterocycles. The fraction of sp³-hybridized carbons (Fsp3) is 0.600. The second-order valence-electron chi connectivity index (χ2n) is 6.61. The molecule has 6 N–H and O–H groups in total. The number of rotatable bonds is 11. The number of β-lactam (4-membered cyclic amide) rings is 1. The lowest BCUT2D eigenvalue weighted by Crippen LogP contribution is -2.80. The van der Waals surface area contributed by atoms with E-state index in [0.717, 1.165) is 16.7 Å². The number of hydrogen-bond acceptors (Lipinski definition) is 10. The quantitative estimate of drug-likeness (QED) is 0.0980. The van der Waals surface area contributed by atoms with Crippen molar-refractivity contribution in [1.82, 2.24) is 10.2 Å². The van der Waals surface area contributed by atoms with Gasteiger partial charge in [0.2, 0.25) is 5.91 Å². The van der Waals surface area contributed by atoms with Gasteiger partial charge in [0.1, 0.15) is 17.1 Å². The van der Waals surface area contributed by atoms with Crippen LogP contribution in [0.15, 0.2) is 11.3 Å². The first-order chi connectivity index (χ1) is 14.3. The van der Waals surface area contributed by atoms with Gasteiger partial charge < -0.3 is 26.0 Å². The second-order valence-corrected chi connectivity index (χ2v) is 11.0. The first-order valence-corrected chi connectivity index (χ1v) is 12.7. The van der Waals surface area contributed by atoms with Crippen molar-refractivity contribution in [2.75, 3.05) is 18.6 Å². The molecule has 2 heterocycles. The van der Waals surface area contributed by atoms with E-state index >= 15 is 0 Å². The number of nitrogens with zero attached hydrogens (tertiary/aromatic N) is 1. The van der Waals surface area contributed by atoms with Gasteiger partial charge in [-0.15, -0.1) is 11.8 Å². The van der Waals surface area contributed by atoms with Crippen molar-refractivity contribution in [2.24, 2.45) is 5.73 Å². The van der Waals surface area contributed by atoms with Crippen molar-refractivity contribution < 1.29 is 47.1 Å². The molecule has 174 valence electrons. The number of nitrogens with two attached hydrogens (primary N) is 1. The van der Waals surface area contributed by atoms with Crippen molar-refractivity contribution in [3.8, 4) is 0 Å². The number of carbonyl (C=O) groups is 4. The maximum atomic E-state index is 12.8. The lowest BCUT2D eigenvalue weighted by molar-refractivity contribution is -0.192. The summed E-state index contributed by atoms with van der Waals surface area (Å²) in [4.78, 5) is 48.5. The number of carbonyl (C=O) groups excluding carboxylic acids is 2. The summed E-state index contributed by atoms with van der Waals surface area (Å²) in [6, 6.07) is -1.12. The Morgan fingerprint density at radius 2 is 2.06 bits per heavy atom. The maximum Gasteiger partial charge on any atom is 0.352 e. The molecular weight excluding hydrogens is 478 g/mol. The number of aliphatic carboxylic acids is 2. The van der Waals surface area contributed by atoms with Gasteiger partial charge in [-0.2, -0.15) is 8.42 Å². The standard InChI is InChI=1S/C15H21N3O10S3/c1-28-15(17-9(19)4-2-3-8(16)11(20)21)13(24)18-10(12(22)23)7(5-29-14(15)18)6-30-31(25,26)27/h8,14H,2-6,16H2,1H3,(H,17,19)(H,20,21)(H,22,23)(H,25,26,27)/t8-,14?,15+/m1/s1. The predicted molar refractivity (Wildman–Crippen MR) is 109 cm³/mol. The van der Waals surface area contributed by atoms with Crippen LogP contribution in [0, 0.1) is 0 Å². The highest BCUT2D eigenvalue weighted by Gasteiger charge is 2.66. The molecule has 1 fully saturated rings. The van der Waals surface area contributed by atoms with E-state index in [-0.39, 0.29) is 47.1 Å². The van der Waals surface area contributed by atoms with E-state index in [1.54, 1.807) is 0 Å². The monoisotopic (exact) mass is 499 g/mol. The second kappa shape index (κ2) is 9.74. The molecule has 0 aliphatic carbocycles. The van der Waals surface area contributed by atoms with Crippen molar-refractivity contribution in [1.29, 1.82) is 0 Å². The number of methoxy groups -OCH3 is 1. The van der Waals surface area contributed by atoms with Crippen LogP contribution >= 0.6 is 22.6 Å². The summed E-state index contributed by atoms with van der Waals surface area (Å²) in [6.07, 6.45) is 0.0579. The van der Waals surface area contributed by atoms with Gasteiger partial charge in [0, 0.05) is 35.8 Å². The Balaban J connectivity index is 2.14. The van der Waals surface area contributed by atoms with Crippen molar-refractivity contribution in [3.63, 3.8) is 0 Å². The lowest BCUT2D eigenvalue weighted by atomic mass is 9.98. The molecule has 2 aliphatic heterocycles. The molecule has 0 aromatic rings. The van der Waals surface area contributed by atoms with Crippen LogP contribution in [0.25, 0.3) is 0 Å². The van der Waals surface area contributed by atoms with Gasteiger partial charge in [0.05, 0.1) is 0 Å². The molecule has 16 heteroatoms. The molecule has 31 heavy (non-hydrogen) atoms. The van der Waals surface area contributed by atoms with Gasteiger partial charge in [-0.05, 0) is 18.4 Å². The van der Waals surface area contributed by atoms with Crippen LogP contribution in [0.1, 0.15) is 19.3 Å². The van der Waals surface area contributed by atoms with Crippen LogP contribution in [0.3, 0.4) is 0 Å². The summed E-state index contributed by atoms with van der Waals surface area (Å²) >= 11 is 1.06. The third-order valence-electron chi connectivity index (χ3n) is 4.58. The molecule has 0 aromatic carbocycles. The smallest absolute Gasteiger partial charge is 0.352 e. The van der Waals surface area contributed by atoms with Crippen LogP contribution in [0.5, 0.6) is 0 Å². The summed E-state index contributed by atoms with van der Waals surface area (Å²) in [5, 5.41) is 19.8. The van der Waals surface area contributed by atoms with Gasteiger partial charge >= 0.3 is 21.1 Å². The lowest BCUT2D eigenvalue weighted by Gasteiger charge is -2.55. The average molecular weight is 500 g/mol. The summed E-state index contributed by atoms with van der Waals surface area (Å²) in [6.45, 7) is 0. The molecule has 0 saturated carbocycles. The maximum absolute atomic E-state index is 12.8. The third-order valence-corrected chi connectivity index (χ3v) is 7.96. The van der Waals surface area contributed by atoms with E-state index < -0.39 is 55.7 Å². The Hall–Kier alpha value is -1.85. The minimum Gasteiger partial charge on any atom is -0.480 e. The molecule has 2 aliphatic rings. The van der Waals surface area contributed by atoms with E-state index in [4.69, 9.17) is 20.1 Å². The van der Waals surface area contributed by atoms with E-state index in [1.807, 2.05) is 0 Å². The Morgan fingerprint density at radius 1 is 1.42 bits per heavy atom. The van der Waals surface area contributed by atoms with Crippen molar-refractivity contribution in [3.05, 3.63) is 11.3 Å². The number of thioether (sulfide) groups is 1. The number of fused-ring (bicyclic) bond motifs is 1. The predicted octanol–water partition coefficient (Wildman–Crippen LogP) is -1.18. The molecular formula is C15H21N3O10S3. The van der Waals surface area contributed by atoms with Crippen molar-refractivity contribution >= 4 is 55.5 Å². The summed E-state index contributed by atoms with van der Waals surface area (Å²) < 4.78 is 36.1. The van der Waals surface area contributed by atoms with Gasteiger partial charge in [-0.25, -0.2) is 4.79 Å². The number of amides is 2. The zero-order valence-corrected chi connectivity index (χ0v) is 18.6. The molecule has 1 saturated heterocycles. The van der Waals surface area contributed by atoms with E-state index in [9.17, 15) is 32.7 Å². The topological polar surface area (TPSA) is 214 Å². The molecule has 0 spiro atoms. The number of nitrogens with one attached hydrogen (secondary N) is 1. The minimum atomic E-state index is -4.41. The van der Waals surface area contributed by atoms with Crippen molar-refractivity contribution in [2.45, 2.75) is 36.4 Å². The highest BCUT2D eigenvalue weighted by atomic mass is 33.1. The number of carboxylic acids is 2. The Labute approximate surface area is 184 Å². The SMILES string of the molecule is CO[C@@]1(NC(=O)CCC[C@@H](N)C(=O)O)C(=O)N2C(C(=O)O)=C(CSS(=O)(=O)O)CSC21. The minimum absolute atomic E-state index is 0.0209. The van der Waals surface area contributed by atoms with E-state index in [1.165, 1.54) is 7.11 Å². The molecule has 13 nitrogen and oxygen atoms in total. The fourth-order valence-corrected chi connectivity index (χ4v) is 6.05. The first kappa shape index (κ1) is 25.4. The van der Waals surface area contributed by atoms with Crippen LogP contribution in [0.4, 0.5) is 0 Å². The number of carboxylic acid groups (broad SMARTS) is 2. The van der Waals surface area contributed by atoms with E-state index in [0.29, 0.717) is 0 Å². The van der Waals surface area contributed by atoms with Gasteiger partial charge in [0.25, 0.3) is 11.6 Å². The highest BCUT2D eigenvalue weighted by molar-refractivity contribution is 8.70. The number of hydrogen-bond donors (Lipinski definition) is 5. The van der Waals surface area contributed by atoms with Gasteiger partial charge in [0.15, 0.2) is 0 Å². The largest absolute Gasteiger partial charge is 0.480 e. The highest BCUT2D eigenvalue weighted by Crippen LogP contribution is 2.47. The first-order valence-electron chi connectivity index (χ1n) is 8.71.